The van der Waals surface area contributed by atoms with E-state index in [-0.39, 0.29) is 13.0 Å². The molecule has 0 aliphatic rings. The molecule has 0 aliphatic carbocycles. The molecule has 0 saturated carbocycles. The van der Waals surface area contributed by atoms with Crippen molar-refractivity contribution in [3.8, 4) is 0 Å². The summed E-state index contributed by atoms with van der Waals surface area (Å²) in [4.78, 5) is 12.7. The number of halogens is 3. The number of hydrogen-bond donors (Lipinski definition) is 1. The molecule has 0 fully saturated rings. The number of nitrogen functional groups attached to an aromatic ring is 1. The van der Waals surface area contributed by atoms with Crippen molar-refractivity contribution in [2.24, 2.45) is 0 Å². The van der Waals surface area contributed by atoms with E-state index in [2.05, 4.69) is 0 Å². The van der Waals surface area contributed by atoms with E-state index in [0.717, 1.165) is 4.90 Å². The second-order valence-corrected chi connectivity index (χ2v) is 4.35. The lowest BCUT2D eigenvalue weighted by molar-refractivity contribution is -0.160. The zero-order valence-corrected chi connectivity index (χ0v) is 10.7. The first-order chi connectivity index (χ1) is 8.81. The quantitative estimate of drug-likeness (QED) is 0.839. The van der Waals surface area contributed by atoms with Gasteiger partial charge in [-0.2, -0.15) is 13.2 Å². The van der Waals surface area contributed by atoms with E-state index in [1.165, 1.54) is 0 Å². The van der Waals surface area contributed by atoms with Crippen LogP contribution in [0.15, 0.2) is 24.3 Å². The normalized spacial score (nSPS) is 11.4. The van der Waals surface area contributed by atoms with Crippen LogP contribution in [0.1, 0.15) is 18.9 Å². The summed E-state index contributed by atoms with van der Waals surface area (Å²) in [6, 6.07) is 6.53. The summed E-state index contributed by atoms with van der Waals surface area (Å²) >= 11 is 0. The fourth-order valence-corrected chi connectivity index (χ4v) is 1.70. The van der Waals surface area contributed by atoms with Gasteiger partial charge in [-0.05, 0) is 24.1 Å². The molecule has 19 heavy (non-hydrogen) atoms. The number of hydrogen-bond acceptors (Lipinski definition) is 2. The van der Waals surface area contributed by atoms with Crippen molar-refractivity contribution in [1.82, 2.24) is 4.90 Å². The van der Waals surface area contributed by atoms with Crippen LogP contribution in [0.2, 0.25) is 0 Å². The molecule has 0 aromatic heterocycles. The van der Waals surface area contributed by atoms with Gasteiger partial charge in [0.1, 0.15) is 6.54 Å². The fourth-order valence-electron chi connectivity index (χ4n) is 1.70. The Hall–Kier alpha value is -1.72. The number of carbonyl (C=O) groups is 1. The highest BCUT2D eigenvalue weighted by Gasteiger charge is 2.32. The Morgan fingerprint density at radius 3 is 2.32 bits per heavy atom. The molecule has 1 aromatic carbocycles. The third-order valence-electron chi connectivity index (χ3n) is 2.55. The van der Waals surface area contributed by atoms with Crippen molar-refractivity contribution >= 4 is 11.6 Å². The standard InChI is InChI=1S/C13H17F3N2O/c1-2-7-18(9-13(14,15)16)12(19)8-10-3-5-11(17)6-4-10/h3-6H,2,7-9,17H2,1H3. The summed E-state index contributed by atoms with van der Waals surface area (Å²) in [7, 11) is 0. The molecule has 3 nitrogen and oxygen atoms in total. The van der Waals surface area contributed by atoms with Gasteiger partial charge in [0.15, 0.2) is 0 Å². The Morgan fingerprint density at radius 1 is 1.26 bits per heavy atom. The zero-order valence-electron chi connectivity index (χ0n) is 10.7. The summed E-state index contributed by atoms with van der Waals surface area (Å²) in [5.41, 5.74) is 6.71. The molecule has 2 N–H and O–H groups in total. The highest BCUT2D eigenvalue weighted by Crippen LogP contribution is 2.17. The minimum absolute atomic E-state index is 0.0453. The van der Waals surface area contributed by atoms with E-state index in [1.54, 1.807) is 31.2 Å². The van der Waals surface area contributed by atoms with Crippen LogP contribution in [0.4, 0.5) is 18.9 Å². The minimum Gasteiger partial charge on any atom is -0.399 e. The number of carbonyl (C=O) groups excluding carboxylic acids is 1. The molecule has 0 atom stereocenters. The third kappa shape index (κ3) is 5.63. The Kier molecular flexibility index (Phi) is 5.20. The van der Waals surface area contributed by atoms with Crippen LogP contribution in [0, 0.1) is 0 Å². The van der Waals surface area contributed by atoms with Crippen LogP contribution in [0.5, 0.6) is 0 Å². The molecule has 1 amide bonds. The molecule has 0 saturated heterocycles. The smallest absolute Gasteiger partial charge is 0.399 e. The molecular formula is C13H17F3N2O. The van der Waals surface area contributed by atoms with Crippen molar-refractivity contribution in [1.29, 1.82) is 0 Å². The molecule has 6 heteroatoms. The van der Waals surface area contributed by atoms with E-state index in [0.29, 0.717) is 17.7 Å². The van der Waals surface area contributed by atoms with Gasteiger partial charge in [0.05, 0.1) is 6.42 Å². The topological polar surface area (TPSA) is 46.3 Å². The average Bonchev–Trinajstić information content (AvgIpc) is 2.30. The van der Waals surface area contributed by atoms with Crippen molar-refractivity contribution in [2.75, 3.05) is 18.8 Å². The van der Waals surface area contributed by atoms with Gasteiger partial charge >= 0.3 is 6.18 Å². The number of benzene rings is 1. The van der Waals surface area contributed by atoms with E-state index in [1.807, 2.05) is 0 Å². The highest BCUT2D eigenvalue weighted by atomic mass is 19.4. The van der Waals surface area contributed by atoms with Crippen LogP contribution in [0.3, 0.4) is 0 Å². The van der Waals surface area contributed by atoms with Crippen molar-refractivity contribution in [3.05, 3.63) is 29.8 Å². The van der Waals surface area contributed by atoms with E-state index >= 15 is 0 Å². The molecule has 0 bridgehead atoms. The maximum Gasteiger partial charge on any atom is 0.406 e. The second-order valence-electron chi connectivity index (χ2n) is 4.35. The molecule has 0 spiro atoms. The first kappa shape index (κ1) is 15.3. The van der Waals surface area contributed by atoms with Crippen molar-refractivity contribution in [3.63, 3.8) is 0 Å². The Labute approximate surface area is 110 Å². The van der Waals surface area contributed by atoms with Crippen molar-refractivity contribution in [2.45, 2.75) is 25.9 Å². The predicted octanol–water partition coefficient (Wildman–Crippen LogP) is 2.61. The zero-order chi connectivity index (χ0) is 14.5. The van der Waals surface area contributed by atoms with Gasteiger partial charge in [0, 0.05) is 12.2 Å². The highest BCUT2D eigenvalue weighted by molar-refractivity contribution is 5.79. The predicted molar refractivity (Wildman–Crippen MR) is 67.5 cm³/mol. The Morgan fingerprint density at radius 2 is 1.84 bits per heavy atom. The summed E-state index contributed by atoms with van der Waals surface area (Å²) in [5, 5.41) is 0. The molecule has 0 radical (unpaired) electrons. The van der Waals surface area contributed by atoms with Gasteiger partial charge in [-0.3, -0.25) is 4.79 Å². The second kappa shape index (κ2) is 6.45. The molecular weight excluding hydrogens is 257 g/mol. The molecule has 1 rings (SSSR count). The SMILES string of the molecule is CCCN(CC(F)(F)F)C(=O)Cc1ccc(N)cc1. The third-order valence-corrected chi connectivity index (χ3v) is 2.55. The van der Waals surface area contributed by atoms with E-state index in [4.69, 9.17) is 5.73 Å². The van der Waals surface area contributed by atoms with E-state index < -0.39 is 18.6 Å². The number of anilines is 1. The van der Waals surface area contributed by atoms with Gasteiger partial charge in [0.25, 0.3) is 0 Å². The molecule has 0 unspecified atom stereocenters. The Bertz CT molecular complexity index is 415. The number of nitrogens with zero attached hydrogens (tertiary/aromatic N) is 1. The van der Waals surface area contributed by atoms with E-state index in [9.17, 15) is 18.0 Å². The summed E-state index contributed by atoms with van der Waals surface area (Å²) in [5.74, 6) is -0.524. The summed E-state index contributed by atoms with van der Waals surface area (Å²) < 4.78 is 37.1. The van der Waals surface area contributed by atoms with Gasteiger partial charge in [-0.25, -0.2) is 0 Å². The molecule has 0 aliphatic heterocycles. The van der Waals surface area contributed by atoms with Crippen LogP contribution in [-0.2, 0) is 11.2 Å². The maximum absolute atomic E-state index is 12.4. The number of rotatable bonds is 5. The monoisotopic (exact) mass is 274 g/mol. The Balaban J connectivity index is 2.68. The lowest BCUT2D eigenvalue weighted by Crippen LogP contribution is -2.40. The minimum atomic E-state index is -4.37. The lowest BCUT2D eigenvalue weighted by atomic mass is 10.1. The number of nitrogens with two attached hydrogens (primary N) is 1. The largest absolute Gasteiger partial charge is 0.406 e. The van der Waals surface area contributed by atoms with Gasteiger partial charge < -0.3 is 10.6 Å². The van der Waals surface area contributed by atoms with Crippen LogP contribution >= 0.6 is 0 Å². The maximum atomic E-state index is 12.4. The molecule has 1 aromatic rings. The van der Waals surface area contributed by atoms with Gasteiger partial charge in [-0.15, -0.1) is 0 Å². The number of amides is 1. The number of alkyl halides is 3. The van der Waals surface area contributed by atoms with Crippen LogP contribution < -0.4 is 5.73 Å². The first-order valence-corrected chi connectivity index (χ1v) is 6.00. The fraction of sp³-hybridized carbons (Fsp3) is 0.462. The van der Waals surface area contributed by atoms with Crippen molar-refractivity contribution < 1.29 is 18.0 Å². The summed E-state index contributed by atoms with van der Waals surface area (Å²) in [6.07, 6.45) is -3.92. The van der Waals surface area contributed by atoms with Crippen LogP contribution in [-0.4, -0.2) is 30.1 Å². The first-order valence-electron chi connectivity index (χ1n) is 6.00. The average molecular weight is 274 g/mol. The lowest BCUT2D eigenvalue weighted by Gasteiger charge is -2.23. The summed E-state index contributed by atoms with van der Waals surface area (Å²) in [6.45, 7) is 0.641. The van der Waals surface area contributed by atoms with Gasteiger partial charge in [0.2, 0.25) is 5.91 Å². The van der Waals surface area contributed by atoms with Crippen LogP contribution in [0.25, 0.3) is 0 Å². The van der Waals surface area contributed by atoms with Gasteiger partial charge in [-0.1, -0.05) is 19.1 Å². The molecule has 0 heterocycles. The molecule has 106 valence electrons.